The third kappa shape index (κ3) is 3.23. The van der Waals surface area contributed by atoms with Gasteiger partial charge in [-0.05, 0) is 57.6 Å². The highest BCUT2D eigenvalue weighted by molar-refractivity contribution is 5.98. The largest absolute Gasteiger partial charge is 0.494 e. The Hall–Kier alpha value is -2.57. The molecule has 2 fully saturated rings. The molecule has 1 N–H and O–H groups in total. The van der Waals surface area contributed by atoms with Crippen LogP contribution >= 0.6 is 0 Å². The number of imidazole rings is 1. The van der Waals surface area contributed by atoms with Crippen molar-refractivity contribution < 1.29 is 19.1 Å². The summed E-state index contributed by atoms with van der Waals surface area (Å²) in [4.78, 5) is 35.5. The van der Waals surface area contributed by atoms with Crippen molar-refractivity contribution in [1.82, 2.24) is 14.9 Å². The van der Waals surface area contributed by atoms with Gasteiger partial charge in [0.05, 0.1) is 12.6 Å². The molecule has 150 valence electrons. The van der Waals surface area contributed by atoms with Gasteiger partial charge in [-0.25, -0.2) is 9.78 Å². The van der Waals surface area contributed by atoms with E-state index in [4.69, 9.17) is 9.47 Å². The minimum atomic E-state index is -0.588. The van der Waals surface area contributed by atoms with Crippen molar-refractivity contribution in [1.29, 1.82) is 0 Å². The summed E-state index contributed by atoms with van der Waals surface area (Å²) in [6, 6.07) is 4.96. The van der Waals surface area contributed by atoms with Gasteiger partial charge in [-0.1, -0.05) is 12.5 Å². The molecule has 7 heteroatoms. The molecule has 28 heavy (non-hydrogen) atoms. The van der Waals surface area contributed by atoms with E-state index >= 15 is 0 Å². The van der Waals surface area contributed by atoms with Gasteiger partial charge in [-0.3, -0.25) is 4.79 Å². The smallest absolute Gasteiger partial charge is 0.329 e. The fraction of sp³-hybridized carbons (Fsp3) is 0.571. The second kappa shape index (κ2) is 6.79. The minimum absolute atomic E-state index is 0.165. The standard InChI is InChI=1S/C21H27N3O4/c1-21(2,3)28-20(26)17-13-8-5-7-12(13)11-24(17)19(25)18-22-14-9-6-10-15(27-4)16(14)23-18/h6,9-10,12-13,17H,5,7-8,11H2,1-4H3,(H,22,23)/t12-,13-,17-/m0/s1. The number of aromatic amines is 1. The lowest BCUT2D eigenvalue weighted by Gasteiger charge is -2.29. The molecule has 3 atom stereocenters. The molecule has 0 unspecified atom stereocenters. The summed E-state index contributed by atoms with van der Waals surface area (Å²) < 4.78 is 11.0. The van der Waals surface area contributed by atoms with Crippen LogP contribution in [0.3, 0.4) is 0 Å². The van der Waals surface area contributed by atoms with Crippen LogP contribution in [0.5, 0.6) is 5.75 Å². The molecule has 1 saturated heterocycles. The number of likely N-dealkylation sites (tertiary alicyclic amines) is 1. The lowest BCUT2D eigenvalue weighted by molar-refractivity contribution is -0.160. The Morgan fingerprint density at radius 1 is 1.25 bits per heavy atom. The normalized spacial score (nSPS) is 24.4. The molecule has 0 spiro atoms. The highest BCUT2D eigenvalue weighted by Crippen LogP contribution is 2.43. The molecule has 2 heterocycles. The fourth-order valence-electron chi connectivity index (χ4n) is 4.59. The molecule has 1 aromatic carbocycles. The maximum atomic E-state index is 13.3. The zero-order chi connectivity index (χ0) is 20.1. The topological polar surface area (TPSA) is 84.5 Å². The van der Waals surface area contributed by atoms with E-state index in [1.165, 1.54) is 0 Å². The maximum absolute atomic E-state index is 13.3. The number of hydrogen-bond acceptors (Lipinski definition) is 5. The van der Waals surface area contributed by atoms with E-state index in [-0.39, 0.29) is 23.6 Å². The fourth-order valence-corrected chi connectivity index (χ4v) is 4.59. The molecular weight excluding hydrogens is 358 g/mol. The Bertz CT molecular complexity index is 914. The van der Waals surface area contributed by atoms with E-state index in [9.17, 15) is 9.59 Å². The number of amides is 1. The number of para-hydroxylation sites is 1. The van der Waals surface area contributed by atoms with Crippen molar-refractivity contribution in [3.63, 3.8) is 0 Å². The Morgan fingerprint density at radius 3 is 2.75 bits per heavy atom. The zero-order valence-electron chi connectivity index (χ0n) is 16.8. The summed E-state index contributed by atoms with van der Waals surface area (Å²) in [5.74, 6) is 0.772. The number of aromatic nitrogens is 2. The third-order valence-electron chi connectivity index (χ3n) is 5.70. The summed E-state index contributed by atoms with van der Waals surface area (Å²) in [5.41, 5.74) is 0.757. The number of ether oxygens (including phenoxy) is 2. The predicted octanol–water partition coefficient (Wildman–Crippen LogP) is 3.15. The monoisotopic (exact) mass is 385 g/mol. The average Bonchev–Trinajstić information content (AvgIpc) is 3.31. The van der Waals surface area contributed by atoms with E-state index in [0.717, 1.165) is 24.8 Å². The van der Waals surface area contributed by atoms with Gasteiger partial charge >= 0.3 is 5.97 Å². The molecule has 1 saturated carbocycles. The molecule has 1 aromatic heterocycles. The van der Waals surface area contributed by atoms with Crippen LogP contribution < -0.4 is 4.74 Å². The maximum Gasteiger partial charge on any atom is 0.329 e. The Morgan fingerprint density at radius 2 is 2.04 bits per heavy atom. The molecule has 7 nitrogen and oxygen atoms in total. The van der Waals surface area contributed by atoms with Crippen LogP contribution in [-0.2, 0) is 9.53 Å². The first-order valence-corrected chi connectivity index (χ1v) is 9.85. The lowest BCUT2D eigenvalue weighted by Crippen LogP contribution is -2.46. The van der Waals surface area contributed by atoms with Crippen LogP contribution in [0.4, 0.5) is 0 Å². The summed E-state index contributed by atoms with van der Waals surface area (Å²) >= 11 is 0. The van der Waals surface area contributed by atoms with Crippen LogP contribution in [0, 0.1) is 11.8 Å². The van der Waals surface area contributed by atoms with E-state index in [2.05, 4.69) is 9.97 Å². The Kier molecular flexibility index (Phi) is 4.56. The Labute approximate surface area is 164 Å². The molecule has 1 aliphatic carbocycles. The first-order chi connectivity index (χ1) is 13.3. The number of carbonyl (C=O) groups excluding carboxylic acids is 2. The number of carbonyl (C=O) groups is 2. The highest BCUT2D eigenvalue weighted by Gasteiger charge is 2.51. The van der Waals surface area contributed by atoms with E-state index in [0.29, 0.717) is 23.7 Å². The molecule has 0 radical (unpaired) electrons. The number of H-pyrrole nitrogens is 1. The SMILES string of the molecule is COc1cccc2[nH]c(C(=O)N3C[C@@H]4CCC[C@@H]4[C@H]3C(=O)OC(C)(C)C)nc12. The second-order valence-electron chi connectivity index (χ2n) is 8.73. The van der Waals surface area contributed by atoms with Crippen LogP contribution in [0.2, 0.25) is 0 Å². The van der Waals surface area contributed by atoms with Crippen molar-refractivity contribution in [3.8, 4) is 5.75 Å². The molecule has 2 aromatic rings. The number of nitrogens with zero attached hydrogens (tertiary/aromatic N) is 2. The van der Waals surface area contributed by atoms with Gasteiger partial charge < -0.3 is 19.4 Å². The molecule has 2 aliphatic rings. The number of hydrogen-bond donors (Lipinski definition) is 1. The number of esters is 1. The highest BCUT2D eigenvalue weighted by atomic mass is 16.6. The number of fused-ring (bicyclic) bond motifs is 2. The first-order valence-electron chi connectivity index (χ1n) is 9.85. The Balaban J connectivity index is 1.66. The van der Waals surface area contributed by atoms with Gasteiger partial charge in [-0.15, -0.1) is 0 Å². The second-order valence-corrected chi connectivity index (χ2v) is 8.73. The van der Waals surface area contributed by atoms with Crippen LogP contribution in [0.25, 0.3) is 11.0 Å². The molecule has 1 aliphatic heterocycles. The first kappa shape index (κ1) is 18.8. The average molecular weight is 385 g/mol. The quantitative estimate of drug-likeness (QED) is 0.821. The van der Waals surface area contributed by atoms with Crippen molar-refractivity contribution in [2.75, 3.05) is 13.7 Å². The van der Waals surface area contributed by atoms with Gasteiger partial charge in [0.25, 0.3) is 5.91 Å². The zero-order valence-corrected chi connectivity index (χ0v) is 16.8. The lowest BCUT2D eigenvalue weighted by atomic mass is 9.94. The van der Waals surface area contributed by atoms with Crippen molar-refractivity contribution in [3.05, 3.63) is 24.0 Å². The summed E-state index contributed by atoms with van der Waals surface area (Å²) in [6.07, 6.45) is 3.09. The number of nitrogens with one attached hydrogen (secondary N) is 1. The predicted molar refractivity (Wildman–Crippen MR) is 104 cm³/mol. The van der Waals surface area contributed by atoms with Gasteiger partial charge in [0.1, 0.15) is 22.9 Å². The molecule has 4 rings (SSSR count). The van der Waals surface area contributed by atoms with Gasteiger partial charge in [0.2, 0.25) is 0 Å². The number of rotatable bonds is 3. The van der Waals surface area contributed by atoms with Gasteiger partial charge in [0.15, 0.2) is 5.82 Å². The van der Waals surface area contributed by atoms with Crippen LogP contribution in [0.15, 0.2) is 18.2 Å². The van der Waals surface area contributed by atoms with E-state index < -0.39 is 11.6 Å². The molecular formula is C21H27N3O4. The summed E-state index contributed by atoms with van der Waals surface area (Å²) in [5, 5.41) is 0. The minimum Gasteiger partial charge on any atom is -0.494 e. The van der Waals surface area contributed by atoms with Crippen molar-refractivity contribution >= 4 is 22.9 Å². The van der Waals surface area contributed by atoms with E-state index in [1.54, 1.807) is 18.1 Å². The summed E-state index contributed by atoms with van der Waals surface area (Å²) in [7, 11) is 1.57. The molecule has 0 bridgehead atoms. The number of benzene rings is 1. The van der Waals surface area contributed by atoms with Gasteiger partial charge in [0, 0.05) is 6.54 Å². The van der Waals surface area contributed by atoms with Crippen molar-refractivity contribution in [2.45, 2.75) is 51.7 Å². The third-order valence-corrected chi connectivity index (χ3v) is 5.70. The molecule has 1 amide bonds. The van der Waals surface area contributed by atoms with Crippen LogP contribution in [-0.4, -0.2) is 52.0 Å². The van der Waals surface area contributed by atoms with E-state index in [1.807, 2.05) is 32.9 Å². The van der Waals surface area contributed by atoms with Gasteiger partial charge in [-0.2, -0.15) is 0 Å². The number of methoxy groups -OCH3 is 1. The van der Waals surface area contributed by atoms with Crippen molar-refractivity contribution in [2.24, 2.45) is 11.8 Å². The van der Waals surface area contributed by atoms with Crippen LogP contribution in [0.1, 0.15) is 50.7 Å². The summed E-state index contributed by atoms with van der Waals surface area (Å²) in [6.45, 7) is 6.12.